The molecule has 0 fully saturated rings. The smallest absolute Gasteiger partial charge is 0.303 e. The Morgan fingerprint density at radius 1 is 1.19 bits per heavy atom. The Hall–Kier alpha value is -2.08. The largest absolute Gasteiger partial charge is 0.497 e. The van der Waals surface area contributed by atoms with Crippen LogP contribution >= 0.6 is 0 Å². The third-order valence-corrected chi connectivity index (χ3v) is 3.07. The van der Waals surface area contributed by atoms with Gasteiger partial charge >= 0.3 is 5.97 Å². The lowest BCUT2D eigenvalue weighted by Gasteiger charge is -2.15. The number of benzene rings is 1. The van der Waals surface area contributed by atoms with Crippen LogP contribution in [0.4, 0.5) is 0 Å². The van der Waals surface area contributed by atoms with E-state index >= 15 is 0 Å². The number of carbonyl (C=O) groups is 2. The van der Waals surface area contributed by atoms with E-state index in [1.807, 2.05) is 0 Å². The SMILES string of the molecule is COCCNC(=O)CC(CC(=O)O)c1ccc(OC)cc1. The minimum Gasteiger partial charge on any atom is -0.497 e. The van der Waals surface area contributed by atoms with Gasteiger partial charge in [0.25, 0.3) is 0 Å². The van der Waals surface area contributed by atoms with Crippen LogP contribution in [0, 0.1) is 0 Å². The first-order chi connectivity index (χ1) is 10.1. The quantitative estimate of drug-likeness (QED) is 0.673. The lowest BCUT2D eigenvalue weighted by Crippen LogP contribution is -2.28. The van der Waals surface area contributed by atoms with Gasteiger partial charge in [0.15, 0.2) is 0 Å². The van der Waals surface area contributed by atoms with Crippen molar-refractivity contribution in [1.82, 2.24) is 5.32 Å². The number of methoxy groups -OCH3 is 2. The molecule has 0 radical (unpaired) electrons. The predicted octanol–water partition coefficient (Wildman–Crippen LogP) is 1.41. The number of hydrogen-bond acceptors (Lipinski definition) is 4. The highest BCUT2D eigenvalue weighted by Gasteiger charge is 2.19. The zero-order valence-electron chi connectivity index (χ0n) is 12.3. The van der Waals surface area contributed by atoms with Gasteiger partial charge in [0.05, 0.1) is 20.1 Å². The molecule has 0 aliphatic rings. The third-order valence-electron chi connectivity index (χ3n) is 3.07. The Bertz CT molecular complexity index is 458. The van der Waals surface area contributed by atoms with Crippen molar-refractivity contribution in [3.05, 3.63) is 29.8 Å². The van der Waals surface area contributed by atoms with E-state index in [-0.39, 0.29) is 24.7 Å². The first kappa shape index (κ1) is 17.0. The Balaban J connectivity index is 2.70. The van der Waals surface area contributed by atoms with Crippen molar-refractivity contribution < 1.29 is 24.2 Å². The van der Waals surface area contributed by atoms with E-state index in [1.54, 1.807) is 38.5 Å². The average molecular weight is 295 g/mol. The van der Waals surface area contributed by atoms with E-state index in [0.717, 1.165) is 5.56 Å². The van der Waals surface area contributed by atoms with Crippen LogP contribution in [0.25, 0.3) is 0 Å². The summed E-state index contributed by atoms with van der Waals surface area (Å²) in [5, 5.41) is 11.7. The van der Waals surface area contributed by atoms with Crippen LogP contribution in [0.1, 0.15) is 24.3 Å². The van der Waals surface area contributed by atoms with Crippen LogP contribution in [-0.2, 0) is 14.3 Å². The van der Waals surface area contributed by atoms with Crippen molar-refractivity contribution in [3.8, 4) is 5.75 Å². The maximum absolute atomic E-state index is 11.8. The lowest BCUT2D eigenvalue weighted by atomic mass is 9.92. The molecule has 0 spiro atoms. The monoisotopic (exact) mass is 295 g/mol. The Morgan fingerprint density at radius 3 is 2.38 bits per heavy atom. The molecular weight excluding hydrogens is 274 g/mol. The number of nitrogens with one attached hydrogen (secondary N) is 1. The van der Waals surface area contributed by atoms with Gasteiger partial charge in [-0.15, -0.1) is 0 Å². The standard InChI is InChI=1S/C15H21NO5/c1-20-8-7-16-14(17)9-12(10-15(18)19)11-3-5-13(21-2)6-4-11/h3-6,12H,7-10H2,1-2H3,(H,16,17)(H,18,19). The van der Waals surface area contributed by atoms with E-state index in [1.165, 1.54) is 0 Å². The van der Waals surface area contributed by atoms with Crippen molar-refractivity contribution in [2.24, 2.45) is 0 Å². The summed E-state index contributed by atoms with van der Waals surface area (Å²) < 4.78 is 9.92. The minimum absolute atomic E-state index is 0.0932. The molecule has 0 heterocycles. The highest BCUT2D eigenvalue weighted by Crippen LogP contribution is 2.25. The molecule has 1 aromatic carbocycles. The molecule has 0 aliphatic carbocycles. The predicted molar refractivity (Wildman–Crippen MR) is 77.5 cm³/mol. The van der Waals surface area contributed by atoms with Crippen LogP contribution < -0.4 is 10.1 Å². The third kappa shape index (κ3) is 6.27. The molecule has 0 saturated carbocycles. The number of aliphatic carboxylic acids is 1. The average Bonchev–Trinajstić information content (AvgIpc) is 2.46. The number of carboxylic acids is 1. The maximum atomic E-state index is 11.8. The normalized spacial score (nSPS) is 11.7. The zero-order valence-corrected chi connectivity index (χ0v) is 12.3. The van der Waals surface area contributed by atoms with Crippen LogP contribution in [0.5, 0.6) is 5.75 Å². The van der Waals surface area contributed by atoms with Gasteiger partial charge in [0.1, 0.15) is 5.75 Å². The van der Waals surface area contributed by atoms with Gasteiger partial charge in [-0.1, -0.05) is 12.1 Å². The number of carboxylic acid groups (broad SMARTS) is 1. The summed E-state index contributed by atoms with van der Waals surface area (Å²) in [6.45, 7) is 0.843. The van der Waals surface area contributed by atoms with E-state index in [2.05, 4.69) is 5.32 Å². The summed E-state index contributed by atoms with van der Waals surface area (Å²) in [5.74, 6) is -0.789. The topological polar surface area (TPSA) is 84.9 Å². The van der Waals surface area contributed by atoms with Crippen LogP contribution in [0.2, 0.25) is 0 Å². The van der Waals surface area contributed by atoms with Gasteiger partial charge in [0.2, 0.25) is 5.91 Å². The number of hydrogen-bond donors (Lipinski definition) is 2. The number of rotatable bonds is 9. The lowest BCUT2D eigenvalue weighted by molar-refractivity contribution is -0.137. The number of carbonyl (C=O) groups excluding carboxylic acids is 1. The summed E-state index contributed by atoms with van der Waals surface area (Å²) >= 11 is 0. The van der Waals surface area contributed by atoms with E-state index in [9.17, 15) is 9.59 Å². The summed E-state index contributed by atoms with van der Waals surface area (Å²) in [6, 6.07) is 7.09. The van der Waals surface area contributed by atoms with Gasteiger partial charge in [0, 0.05) is 26.0 Å². The molecule has 21 heavy (non-hydrogen) atoms. The minimum atomic E-state index is -0.930. The molecule has 1 rings (SSSR count). The van der Waals surface area contributed by atoms with Gasteiger partial charge in [-0.2, -0.15) is 0 Å². The molecule has 0 saturated heterocycles. The van der Waals surface area contributed by atoms with Crippen molar-refractivity contribution in [1.29, 1.82) is 0 Å². The van der Waals surface area contributed by atoms with Crippen LogP contribution in [0.3, 0.4) is 0 Å². The molecule has 1 aromatic rings. The fourth-order valence-electron chi connectivity index (χ4n) is 1.98. The van der Waals surface area contributed by atoms with Gasteiger partial charge in [-0.3, -0.25) is 9.59 Å². The first-order valence-electron chi connectivity index (χ1n) is 6.68. The molecule has 1 atom stereocenters. The highest BCUT2D eigenvalue weighted by molar-refractivity contribution is 5.78. The Kier molecular flexibility index (Phi) is 7.25. The van der Waals surface area contributed by atoms with Gasteiger partial charge in [-0.05, 0) is 17.7 Å². The molecule has 0 aliphatic heterocycles. The Labute approximate surface area is 124 Å². The molecule has 2 N–H and O–H groups in total. The van der Waals surface area contributed by atoms with Crippen LogP contribution in [0.15, 0.2) is 24.3 Å². The van der Waals surface area contributed by atoms with Crippen LogP contribution in [-0.4, -0.2) is 44.4 Å². The van der Waals surface area contributed by atoms with E-state index < -0.39 is 5.97 Å². The molecule has 6 heteroatoms. The Morgan fingerprint density at radius 2 is 1.86 bits per heavy atom. The summed E-state index contributed by atoms with van der Waals surface area (Å²) in [4.78, 5) is 22.8. The zero-order chi connectivity index (χ0) is 15.7. The van der Waals surface area contributed by atoms with Crippen molar-refractivity contribution in [2.45, 2.75) is 18.8 Å². The maximum Gasteiger partial charge on any atom is 0.303 e. The van der Waals surface area contributed by atoms with Crippen molar-refractivity contribution in [2.75, 3.05) is 27.4 Å². The fraction of sp³-hybridized carbons (Fsp3) is 0.467. The molecule has 6 nitrogen and oxygen atoms in total. The second-order valence-electron chi connectivity index (χ2n) is 4.61. The number of amides is 1. The van der Waals surface area contributed by atoms with Gasteiger partial charge in [-0.25, -0.2) is 0 Å². The number of ether oxygens (including phenoxy) is 2. The first-order valence-corrected chi connectivity index (χ1v) is 6.68. The summed E-state index contributed by atoms with van der Waals surface area (Å²) in [7, 11) is 3.11. The van der Waals surface area contributed by atoms with E-state index in [4.69, 9.17) is 14.6 Å². The highest BCUT2D eigenvalue weighted by atomic mass is 16.5. The molecule has 1 amide bonds. The molecule has 1 unspecified atom stereocenters. The van der Waals surface area contributed by atoms with Gasteiger partial charge < -0.3 is 19.9 Å². The second-order valence-corrected chi connectivity index (χ2v) is 4.61. The van der Waals surface area contributed by atoms with Crippen molar-refractivity contribution >= 4 is 11.9 Å². The summed E-state index contributed by atoms with van der Waals surface area (Å²) in [5.41, 5.74) is 0.806. The van der Waals surface area contributed by atoms with Crippen molar-refractivity contribution in [3.63, 3.8) is 0 Å². The molecular formula is C15H21NO5. The molecule has 0 aromatic heterocycles. The summed E-state index contributed by atoms with van der Waals surface area (Å²) in [6.07, 6.45) is 0.0341. The van der Waals surface area contributed by atoms with E-state index in [0.29, 0.717) is 18.9 Å². The second kappa shape index (κ2) is 8.97. The molecule has 0 bridgehead atoms. The molecule has 116 valence electrons. The fourth-order valence-corrected chi connectivity index (χ4v) is 1.98.